The quantitative estimate of drug-likeness (QED) is 0.651. The summed E-state index contributed by atoms with van der Waals surface area (Å²) in [5.74, 6) is -1.47. The fourth-order valence-electron chi connectivity index (χ4n) is 3.60. The lowest BCUT2D eigenvalue weighted by molar-refractivity contribution is 0.284. The first kappa shape index (κ1) is 21.6. The fraction of sp³-hybridized carbons (Fsp3) is 0.579. The molecule has 0 aliphatic heterocycles. The number of benzene rings is 1. The van der Waals surface area contributed by atoms with Crippen molar-refractivity contribution in [2.45, 2.75) is 69.4 Å². The molecule has 1 aromatic carbocycles. The summed E-state index contributed by atoms with van der Waals surface area (Å²) in [6, 6.07) is 1.09. The molecule has 1 aliphatic rings. The molecule has 0 radical (unpaired) electrons. The van der Waals surface area contributed by atoms with Gasteiger partial charge in [0.15, 0.2) is 11.6 Å². The van der Waals surface area contributed by atoms with Crippen LogP contribution in [0.1, 0.15) is 57.3 Å². The predicted octanol–water partition coefficient (Wildman–Crippen LogP) is 3.51. The van der Waals surface area contributed by atoms with Crippen molar-refractivity contribution in [3.63, 3.8) is 0 Å². The Bertz CT molecular complexity index is 949. The Balaban J connectivity index is 1.73. The van der Waals surface area contributed by atoms with E-state index in [1.165, 1.54) is 6.33 Å². The molecular weight excluding hydrogens is 402 g/mol. The lowest BCUT2D eigenvalue weighted by atomic mass is 9.92. The van der Waals surface area contributed by atoms with E-state index < -0.39 is 32.6 Å². The molecule has 1 N–H and O–H groups in total. The maximum Gasteiger partial charge on any atom is 0.243 e. The second-order valence-electron chi connectivity index (χ2n) is 7.31. The first-order valence-corrected chi connectivity index (χ1v) is 11.3. The van der Waals surface area contributed by atoms with Crippen LogP contribution in [0.4, 0.5) is 8.78 Å². The van der Waals surface area contributed by atoms with Crippen molar-refractivity contribution >= 4 is 10.0 Å². The number of nitrogens with one attached hydrogen (secondary N) is 1. The molecule has 0 bridgehead atoms. The van der Waals surface area contributed by atoms with Crippen LogP contribution in [0.15, 0.2) is 23.4 Å². The summed E-state index contributed by atoms with van der Waals surface area (Å²) in [6.45, 7) is 4.02. The highest BCUT2D eigenvalue weighted by molar-refractivity contribution is 7.89. The highest BCUT2D eigenvalue weighted by Gasteiger charge is 2.30. The van der Waals surface area contributed by atoms with Gasteiger partial charge in [-0.15, -0.1) is 0 Å². The highest BCUT2D eigenvalue weighted by Crippen LogP contribution is 2.30. The number of nitrogens with zero attached hydrogens (tertiary/aromatic N) is 3. The zero-order chi connectivity index (χ0) is 21.0. The largest absolute Gasteiger partial charge is 0.490 e. The van der Waals surface area contributed by atoms with Crippen molar-refractivity contribution in [1.29, 1.82) is 0 Å². The van der Waals surface area contributed by atoms with Crippen LogP contribution >= 0.6 is 0 Å². The standard InChI is InChI=1S/C19H26F2N4O3S/c1-3-4-8-28-18-10-17(21)19(11-16(18)20)29(26,27)24-14-6-5-7-15(9-14)25-13(2)22-12-23-25/h10-12,14-15,24H,3-9H2,1-2H3/t14-,15+/m0/s1. The molecule has 2 aromatic rings. The SMILES string of the molecule is CCCCOc1cc(F)c(S(=O)(=O)N[C@H]2CCC[C@@H](n3ncnc3C)C2)cc1F. The van der Waals surface area contributed by atoms with Gasteiger partial charge in [-0.05, 0) is 39.0 Å². The zero-order valence-electron chi connectivity index (χ0n) is 16.6. The Hall–Kier alpha value is -2.07. The van der Waals surface area contributed by atoms with E-state index in [9.17, 15) is 17.2 Å². The van der Waals surface area contributed by atoms with E-state index >= 15 is 0 Å². The van der Waals surface area contributed by atoms with E-state index in [0.29, 0.717) is 25.3 Å². The Kier molecular flexibility index (Phi) is 6.84. The monoisotopic (exact) mass is 428 g/mol. The number of aryl methyl sites for hydroxylation is 1. The number of sulfonamides is 1. The predicted molar refractivity (Wildman–Crippen MR) is 103 cm³/mol. The summed E-state index contributed by atoms with van der Waals surface area (Å²) in [4.78, 5) is 3.39. The van der Waals surface area contributed by atoms with Crippen molar-refractivity contribution in [2.24, 2.45) is 0 Å². The van der Waals surface area contributed by atoms with Crippen LogP contribution < -0.4 is 9.46 Å². The zero-order valence-corrected chi connectivity index (χ0v) is 17.4. The third kappa shape index (κ3) is 5.11. The summed E-state index contributed by atoms with van der Waals surface area (Å²) in [7, 11) is -4.22. The van der Waals surface area contributed by atoms with E-state index in [0.717, 1.165) is 31.2 Å². The van der Waals surface area contributed by atoms with Gasteiger partial charge in [-0.2, -0.15) is 5.10 Å². The molecule has 0 saturated heterocycles. The third-order valence-corrected chi connectivity index (χ3v) is 6.63. The van der Waals surface area contributed by atoms with Gasteiger partial charge >= 0.3 is 0 Å². The van der Waals surface area contributed by atoms with E-state index in [2.05, 4.69) is 14.8 Å². The van der Waals surface area contributed by atoms with Crippen LogP contribution in [0.5, 0.6) is 5.75 Å². The van der Waals surface area contributed by atoms with Gasteiger partial charge in [0.2, 0.25) is 10.0 Å². The summed E-state index contributed by atoms with van der Waals surface area (Å²) in [5.41, 5.74) is 0. The van der Waals surface area contributed by atoms with Crippen molar-refractivity contribution < 1.29 is 21.9 Å². The van der Waals surface area contributed by atoms with Gasteiger partial charge in [-0.1, -0.05) is 13.3 Å². The van der Waals surface area contributed by atoms with Crippen LogP contribution in [0.2, 0.25) is 0 Å². The number of hydrogen-bond acceptors (Lipinski definition) is 5. The van der Waals surface area contributed by atoms with Gasteiger partial charge in [-0.3, -0.25) is 0 Å². The Morgan fingerprint density at radius 2 is 2.07 bits per heavy atom. The topological polar surface area (TPSA) is 86.1 Å². The molecule has 1 saturated carbocycles. The Labute approximate surface area is 169 Å². The smallest absolute Gasteiger partial charge is 0.243 e. The minimum absolute atomic E-state index is 0.00914. The summed E-state index contributed by atoms with van der Waals surface area (Å²) >= 11 is 0. The molecule has 1 aliphatic carbocycles. The molecular formula is C19H26F2N4O3S. The first-order valence-electron chi connectivity index (χ1n) is 9.82. The van der Waals surface area contributed by atoms with Crippen LogP contribution in [-0.2, 0) is 10.0 Å². The highest BCUT2D eigenvalue weighted by atomic mass is 32.2. The number of unbranched alkanes of at least 4 members (excludes halogenated alkanes) is 1. The van der Waals surface area contributed by atoms with Crippen molar-refractivity contribution in [1.82, 2.24) is 19.5 Å². The fourth-order valence-corrected chi connectivity index (χ4v) is 4.95. The molecule has 1 heterocycles. The first-order chi connectivity index (χ1) is 13.8. The summed E-state index contributed by atoms with van der Waals surface area (Å²) in [5, 5.41) is 4.20. The normalized spacial score (nSPS) is 20.0. The Morgan fingerprint density at radius 1 is 1.28 bits per heavy atom. The van der Waals surface area contributed by atoms with Crippen LogP contribution in [0.3, 0.4) is 0 Å². The summed E-state index contributed by atoms with van der Waals surface area (Å²) < 4.78 is 63.6. The molecule has 7 nitrogen and oxygen atoms in total. The van der Waals surface area contributed by atoms with Crippen molar-refractivity contribution in [3.8, 4) is 5.75 Å². The summed E-state index contributed by atoms with van der Waals surface area (Å²) in [6.07, 6.45) is 5.77. The maximum atomic E-state index is 14.5. The number of rotatable bonds is 8. The molecule has 1 fully saturated rings. The molecule has 0 unspecified atom stereocenters. The minimum Gasteiger partial charge on any atom is -0.490 e. The maximum absolute atomic E-state index is 14.5. The number of aromatic nitrogens is 3. The number of halogens is 2. The average Bonchev–Trinajstić information content (AvgIpc) is 3.10. The molecule has 0 amide bonds. The third-order valence-electron chi connectivity index (χ3n) is 5.10. The molecule has 3 rings (SSSR count). The van der Waals surface area contributed by atoms with Gasteiger partial charge in [0.05, 0.1) is 12.6 Å². The Morgan fingerprint density at radius 3 is 2.76 bits per heavy atom. The van der Waals surface area contributed by atoms with Gasteiger partial charge in [0.25, 0.3) is 0 Å². The van der Waals surface area contributed by atoms with E-state index in [1.54, 1.807) is 4.68 Å². The van der Waals surface area contributed by atoms with Crippen molar-refractivity contribution in [3.05, 3.63) is 35.9 Å². The minimum atomic E-state index is -4.22. The van der Waals surface area contributed by atoms with Crippen LogP contribution in [0, 0.1) is 18.6 Å². The van der Waals surface area contributed by atoms with E-state index in [1.807, 2.05) is 13.8 Å². The average molecular weight is 429 g/mol. The molecule has 0 spiro atoms. The molecule has 2 atom stereocenters. The van der Waals surface area contributed by atoms with Crippen LogP contribution in [-0.4, -0.2) is 35.8 Å². The number of hydrogen-bond donors (Lipinski definition) is 1. The molecule has 29 heavy (non-hydrogen) atoms. The van der Waals surface area contributed by atoms with E-state index in [-0.39, 0.29) is 18.4 Å². The lowest BCUT2D eigenvalue weighted by Gasteiger charge is -2.30. The van der Waals surface area contributed by atoms with Crippen molar-refractivity contribution in [2.75, 3.05) is 6.61 Å². The van der Waals surface area contributed by atoms with Gasteiger partial charge in [-0.25, -0.2) is 31.6 Å². The van der Waals surface area contributed by atoms with Gasteiger partial charge in [0, 0.05) is 18.2 Å². The molecule has 1 aromatic heterocycles. The van der Waals surface area contributed by atoms with E-state index in [4.69, 9.17) is 4.74 Å². The molecule has 160 valence electrons. The number of ether oxygens (including phenoxy) is 1. The van der Waals surface area contributed by atoms with Gasteiger partial charge in [0.1, 0.15) is 22.9 Å². The second-order valence-corrected chi connectivity index (χ2v) is 8.99. The molecule has 10 heteroatoms. The second kappa shape index (κ2) is 9.17. The lowest BCUT2D eigenvalue weighted by Crippen LogP contribution is -2.39. The van der Waals surface area contributed by atoms with Gasteiger partial charge < -0.3 is 4.74 Å². The van der Waals surface area contributed by atoms with Crippen LogP contribution in [0.25, 0.3) is 0 Å².